The maximum absolute atomic E-state index is 5.56. The molecule has 5 aromatic rings. The Morgan fingerprint density at radius 1 is 1.09 bits per heavy atom. The van der Waals surface area contributed by atoms with Gasteiger partial charge < -0.3 is 14.1 Å². The lowest BCUT2D eigenvalue weighted by Crippen LogP contribution is -2.03. The fourth-order valence-corrected chi connectivity index (χ4v) is 3.98. The summed E-state index contributed by atoms with van der Waals surface area (Å²) in [6.07, 6.45) is 5.35. The van der Waals surface area contributed by atoms with Crippen molar-refractivity contribution >= 4 is 22.4 Å². The van der Waals surface area contributed by atoms with Crippen molar-refractivity contribution in [2.75, 3.05) is 7.11 Å². The lowest BCUT2D eigenvalue weighted by Gasteiger charge is -2.07. The lowest BCUT2D eigenvalue weighted by atomic mass is 10.1. The van der Waals surface area contributed by atoms with Crippen LogP contribution < -0.4 is 4.74 Å². The van der Waals surface area contributed by atoms with Gasteiger partial charge in [-0.3, -0.25) is 4.98 Å². The monoisotopic (exact) mass is 455 g/mol. The van der Waals surface area contributed by atoms with E-state index in [4.69, 9.17) is 14.6 Å². The topological polar surface area (TPSA) is 91.7 Å². The van der Waals surface area contributed by atoms with Gasteiger partial charge in [0.2, 0.25) is 0 Å². The highest BCUT2D eigenvalue weighted by Gasteiger charge is 2.18. The van der Waals surface area contributed by atoms with Crippen LogP contribution in [0.3, 0.4) is 0 Å². The quantitative estimate of drug-likeness (QED) is 0.271. The summed E-state index contributed by atoms with van der Waals surface area (Å²) in [5.41, 5.74) is 6.73. The van der Waals surface area contributed by atoms with Gasteiger partial charge in [-0.05, 0) is 67.8 Å². The van der Waals surface area contributed by atoms with Gasteiger partial charge in [0, 0.05) is 18.1 Å². The SMILES string of the molecule is COc1ccc(/C(C)=N\OCc2nc3c4c(C)c(C)n(Cc5cccnc5)c4ncn3n2)cc1. The summed E-state index contributed by atoms with van der Waals surface area (Å²) in [6.45, 7) is 6.93. The van der Waals surface area contributed by atoms with Crippen molar-refractivity contribution in [2.45, 2.75) is 33.9 Å². The Bertz CT molecular complexity index is 1490. The number of aryl methyl sites for hydroxylation is 1. The number of ether oxygens (including phenoxy) is 1. The van der Waals surface area contributed by atoms with E-state index in [9.17, 15) is 0 Å². The minimum atomic E-state index is 0.158. The Labute approximate surface area is 196 Å². The fourth-order valence-electron chi connectivity index (χ4n) is 3.98. The first-order chi connectivity index (χ1) is 16.5. The molecule has 0 unspecified atom stereocenters. The Morgan fingerprint density at radius 3 is 2.65 bits per heavy atom. The molecule has 1 aromatic carbocycles. The van der Waals surface area contributed by atoms with Crippen molar-refractivity contribution < 1.29 is 9.57 Å². The number of nitrogens with zero attached hydrogens (tertiary/aromatic N) is 7. The van der Waals surface area contributed by atoms with Crippen molar-refractivity contribution in [1.82, 2.24) is 29.1 Å². The van der Waals surface area contributed by atoms with E-state index in [0.717, 1.165) is 50.5 Å². The summed E-state index contributed by atoms with van der Waals surface area (Å²) in [7, 11) is 1.64. The van der Waals surface area contributed by atoms with Gasteiger partial charge in [-0.2, -0.15) is 0 Å². The first-order valence-corrected chi connectivity index (χ1v) is 10.9. The van der Waals surface area contributed by atoms with Crippen LogP contribution in [0.1, 0.15) is 35.1 Å². The molecule has 0 spiro atoms. The molecule has 0 bridgehead atoms. The third-order valence-corrected chi connectivity index (χ3v) is 5.96. The number of benzene rings is 1. The molecule has 9 nitrogen and oxygen atoms in total. The molecule has 0 radical (unpaired) electrons. The van der Waals surface area contributed by atoms with E-state index in [-0.39, 0.29) is 6.61 Å². The van der Waals surface area contributed by atoms with Gasteiger partial charge >= 0.3 is 0 Å². The second-order valence-electron chi connectivity index (χ2n) is 8.08. The number of fused-ring (bicyclic) bond motifs is 3. The van der Waals surface area contributed by atoms with E-state index in [0.29, 0.717) is 12.4 Å². The van der Waals surface area contributed by atoms with Crippen LogP contribution in [0.4, 0.5) is 0 Å². The van der Waals surface area contributed by atoms with E-state index in [2.05, 4.69) is 44.7 Å². The minimum Gasteiger partial charge on any atom is -0.497 e. The molecular weight excluding hydrogens is 430 g/mol. The molecule has 0 aliphatic carbocycles. The average Bonchev–Trinajstić information content (AvgIpc) is 3.39. The van der Waals surface area contributed by atoms with E-state index < -0.39 is 0 Å². The van der Waals surface area contributed by atoms with Crippen molar-refractivity contribution in [3.8, 4) is 5.75 Å². The van der Waals surface area contributed by atoms with Crippen LogP contribution >= 0.6 is 0 Å². The second kappa shape index (κ2) is 8.93. The van der Waals surface area contributed by atoms with E-state index >= 15 is 0 Å². The first-order valence-electron chi connectivity index (χ1n) is 10.9. The van der Waals surface area contributed by atoms with E-state index in [1.165, 1.54) is 0 Å². The van der Waals surface area contributed by atoms with E-state index in [1.54, 1.807) is 24.1 Å². The van der Waals surface area contributed by atoms with Crippen LogP contribution in [0.2, 0.25) is 0 Å². The summed E-state index contributed by atoms with van der Waals surface area (Å²) in [6, 6.07) is 11.7. The number of aromatic nitrogens is 6. The number of methoxy groups -OCH3 is 1. The van der Waals surface area contributed by atoms with Gasteiger partial charge in [0.25, 0.3) is 0 Å². The molecule has 172 valence electrons. The number of rotatable bonds is 7. The maximum Gasteiger partial charge on any atom is 0.192 e. The van der Waals surface area contributed by atoms with Crippen LogP contribution in [-0.4, -0.2) is 42.0 Å². The zero-order valence-corrected chi connectivity index (χ0v) is 19.6. The molecule has 9 heteroatoms. The van der Waals surface area contributed by atoms with Gasteiger partial charge in [0.05, 0.1) is 24.8 Å². The third-order valence-electron chi connectivity index (χ3n) is 5.96. The van der Waals surface area contributed by atoms with Gasteiger partial charge in [-0.1, -0.05) is 11.2 Å². The normalized spacial score (nSPS) is 11.9. The van der Waals surface area contributed by atoms with Crippen LogP contribution in [0.15, 0.2) is 60.3 Å². The van der Waals surface area contributed by atoms with Crippen LogP contribution in [-0.2, 0) is 18.0 Å². The highest BCUT2D eigenvalue weighted by molar-refractivity contribution is 5.98. The summed E-state index contributed by atoms with van der Waals surface area (Å²) < 4.78 is 9.08. The van der Waals surface area contributed by atoms with E-state index in [1.807, 2.05) is 43.5 Å². The Morgan fingerprint density at radius 2 is 1.91 bits per heavy atom. The Hall–Kier alpha value is -4.27. The molecule has 0 aliphatic heterocycles. The summed E-state index contributed by atoms with van der Waals surface area (Å²) in [5.74, 6) is 1.34. The van der Waals surface area contributed by atoms with Crippen LogP contribution in [0, 0.1) is 13.8 Å². The van der Waals surface area contributed by atoms with Crippen molar-refractivity contribution in [3.63, 3.8) is 0 Å². The molecule has 5 rings (SSSR count). The number of hydrogen-bond acceptors (Lipinski definition) is 7. The van der Waals surface area contributed by atoms with Gasteiger partial charge in [-0.25, -0.2) is 14.5 Å². The summed E-state index contributed by atoms with van der Waals surface area (Å²) in [4.78, 5) is 19.2. The molecule has 0 N–H and O–H groups in total. The zero-order valence-electron chi connectivity index (χ0n) is 19.6. The highest BCUT2D eigenvalue weighted by atomic mass is 16.6. The zero-order chi connectivity index (χ0) is 23.7. The van der Waals surface area contributed by atoms with Crippen LogP contribution in [0.25, 0.3) is 16.7 Å². The number of pyridine rings is 1. The Kier molecular flexibility index (Phi) is 5.67. The van der Waals surface area contributed by atoms with Gasteiger partial charge in [0.1, 0.15) is 17.7 Å². The largest absolute Gasteiger partial charge is 0.497 e. The molecule has 0 atom stereocenters. The molecule has 0 aliphatic rings. The molecule has 4 heterocycles. The lowest BCUT2D eigenvalue weighted by molar-refractivity contribution is 0.125. The predicted octanol–water partition coefficient (Wildman–Crippen LogP) is 4.09. The Balaban J connectivity index is 1.40. The number of oxime groups is 1. The summed E-state index contributed by atoms with van der Waals surface area (Å²) >= 11 is 0. The smallest absolute Gasteiger partial charge is 0.192 e. The second-order valence-corrected chi connectivity index (χ2v) is 8.08. The van der Waals surface area contributed by atoms with Crippen molar-refractivity contribution in [2.24, 2.45) is 5.16 Å². The van der Waals surface area contributed by atoms with Gasteiger partial charge in [0.15, 0.2) is 18.1 Å². The standard InChI is InChI=1S/C25H25N7O2/c1-16-18(3)31(13-19-6-5-11-26-12-19)24-23(16)25-28-22(29-32(25)15-27-24)14-34-30-17(2)20-7-9-21(33-4)10-8-20/h5-12,15H,13-14H2,1-4H3/b30-17-. The molecule has 0 saturated heterocycles. The minimum absolute atomic E-state index is 0.158. The molecule has 0 amide bonds. The third kappa shape index (κ3) is 3.96. The maximum atomic E-state index is 5.56. The molecule has 0 fully saturated rings. The summed E-state index contributed by atoms with van der Waals surface area (Å²) in [5, 5.41) is 9.74. The fraction of sp³-hybridized carbons (Fsp3) is 0.240. The average molecular weight is 456 g/mol. The van der Waals surface area contributed by atoms with Gasteiger partial charge in [-0.15, -0.1) is 5.10 Å². The van der Waals surface area contributed by atoms with Crippen LogP contribution in [0.5, 0.6) is 5.75 Å². The van der Waals surface area contributed by atoms with Crippen molar-refractivity contribution in [1.29, 1.82) is 0 Å². The molecule has 0 saturated carbocycles. The molecular formula is C25H25N7O2. The first kappa shape index (κ1) is 21.6. The predicted molar refractivity (Wildman–Crippen MR) is 129 cm³/mol. The number of hydrogen-bond donors (Lipinski definition) is 0. The highest BCUT2D eigenvalue weighted by Crippen LogP contribution is 2.27. The molecule has 34 heavy (non-hydrogen) atoms. The van der Waals surface area contributed by atoms with Crippen molar-refractivity contribution in [3.05, 3.63) is 83.3 Å². The molecule has 4 aromatic heterocycles.